The third-order valence-corrected chi connectivity index (χ3v) is 7.86. The smallest absolute Gasteiger partial charge is 0.387 e. The number of hydrogen-bond donors (Lipinski definition) is 6. The molecule has 0 radical (unpaired) electrons. The van der Waals surface area contributed by atoms with Crippen molar-refractivity contribution in [1.82, 2.24) is 14.8 Å². The summed E-state index contributed by atoms with van der Waals surface area (Å²) in [4.78, 5) is 48.9. The molecule has 6 atom stereocenters. The summed E-state index contributed by atoms with van der Waals surface area (Å²) in [5, 5.41) is 16.0. The summed E-state index contributed by atoms with van der Waals surface area (Å²) in [6.07, 6.45) is -4.26. The van der Waals surface area contributed by atoms with Crippen LogP contribution in [0.1, 0.15) is 6.23 Å². The van der Waals surface area contributed by atoms with E-state index in [9.17, 15) is 28.5 Å². The van der Waals surface area contributed by atoms with Crippen LogP contribution < -0.4 is 11.4 Å². The zero-order chi connectivity index (χ0) is 24.5. The molecule has 0 amide bonds. The Morgan fingerprint density at radius 2 is 1.88 bits per heavy atom. The van der Waals surface area contributed by atoms with Crippen LogP contribution in [0.5, 0.6) is 0 Å². The number of halogens is 2. The molecule has 17 nitrogen and oxygen atoms in total. The molecule has 0 aliphatic carbocycles. The van der Waals surface area contributed by atoms with Gasteiger partial charge in [-0.15, -0.1) is 0 Å². The van der Waals surface area contributed by atoms with Gasteiger partial charge < -0.3 is 35.2 Å². The maximum absolute atomic E-state index is 12.1. The Balaban J connectivity index is 2.23. The Bertz CT molecular complexity index is 1130. The Labute approximate surface area is 187 Å². The molecule has 3 unspecified atom stereocenters. The lowest BCUT2D eigenvalue weighted by molar-refractivity contribution is -0.0503. The van der Waals surface area contributed by atoms with Gasteiger partial charge in [0.25, 0.3) is 0 Å². The Morgan fingerprint density at radius 1 is 1.25 bits per heavy atom. The van der Waals surface area contributed by atoms with Crippen LogP contribution in [0.2, 0.25) is 0 Å². The zero-order valence-corrected chi connectivity index (χ0v) is 19.2. The number of anilines is 1. The largest absolute Gasteiger partial charge is 0.490 e. The molecule has 0 aromatic carbocycles. The van der Waals surface area contributed by atoms with Gasteiger partial charge in [0.2, 0.25) is 0 Å². The molecule has 1 saturated heterocycles. The van der Waals surface area contributed by atoms with E-state index in [1.165, 1.54) is 0 Å². The number of phosphoric acid groups is 3. The first-order valence-corrected chi connectivity index (χ1v) is 12.9. The van der Waals surface area contributed by atoms with Crippen molar-refractivity contribution in [3.8, 4) is 11.3 Å². The van der Waals surface area contributed by atoms with Crippen molar-refractivity contribution in [1.29, 1.82) is 0 Å². The lowest BCUT2D eigenvalue weighted by Crippen LogP contribution is -2.44. The van der Waals surface area contributed by atoms with Gasteiger partial charge in [0, 0.05) is 5.38 Å². The minimum atomic E-state index is -5.77. The van der Waals surface area contributed by atoms with Gasteiger partial charge in [-0.1, -0.05) is 17.5 Å². The summed E-state index contributed by atoms with van der Waals surface area (Å²) in [5.74, 6) is 1.94. The van der Waals surface area contributed by atoms with Crippen LogP contribution in [0, 0.1) is 11.3 Å². The molecule has 0 spiro atoms. The van der Waals surface area contributed by atoms with E-state index in [0.29, 0.717) is 4.68 Å². The van der Waals surface area contributed by atoms with E-state index < -0.39 is 59.1 Å². The second-order valence-corrected chi connectivity index (χ2v) is 11.0. The highest BCUT2D eigenvalue weighted by molar-refractivity contribution is 7.66. The lowest BCUT2D eigenvalue weighted by atomic mass is 10.00. The topological polar surface area (TPSA) is 263 Å². The van der Waals surface area contributed by atoms with Crippen LogP contribution in [-0.4, -0.2) is 63.1 Å². The van der Waals surface area contributed by atoms with Gasteiger partial charge in [0.15, 0.2) is 11.1 Å². The molecule has 32 heavy (non-hydrogen) atoms. The highest BCUT2D eigenvalue weighted by Crippen LogP contribution is 2.66. The van der Waals surface area contributed by atoms with E-state index in [1.54, 1.807) is 0 Å². The average molecular weight is 561 g/mol. The third kappa shape index (κ3) is 6.80. The van der Waals surface area contributed by atoms with E-state index >= 15 is 0 Å². The van der Waals surface area contributed by atoms with Crippen molar-refractivity contribution in [2.45, 2.75) is 23.3 Å². The highest BCUT2D eigenvalue weighted by Gasteiger charge is 2.57. The van der Waals surface area contributed by atoms with Gasteiger partial charge >= 0.3 is 29.2 Å². The molecule has 1 aromatic heterocycles. The molecule has 1 aliphatic rings. The Hall–Kier alpha value is -0.920. The fraction of sp³-hybridized carbons (Fsp3) is 0.500. The van der Waals surface area contributed by atoms with E-state index in [1.807, 2.05) is 5.38 Å². The van der Waals surface area contributed by atoms with E-state index in [4.69, 9.17) is 48.4 Å². The number of nitrogen functional groups attached to an aromatic ring is 1. The number of phosphoric ester groups is 1. The maximum Gasteiger partial charge on any atom is 0.490 e. The molecule has 0 bridgehead atoms. The van der Waals surface area contributed by atoms with E-state index in [2.05, 4.69) is 29.1 Å². The van der Waals surface area contributed by atoms with Crippen LogP contribution >= 0.6 is 46.7 Å². The SMILES string of the molecule is Nc1cnn([C@@H]2O[C@H](COP(=O)(O)OP(=O)(O)OP(=O)(O)O)[C@H](O)C2(Cl)C#CCl)c(=O)n1. The van der Waals surface area contributed by atoms with Crippen LogP contribution in [-0.2, 0) is 31.6 Å². The first-order chi connectivity index (χ1) is 14.5. The lowest BCUT2D eigenvalue weighted by Gasteiger charge is -2.24. The number of nitrogens with two attached hydrogens (primary N) is 1. The number of nitrogens with zero attached hydrogens (tertiary/aromatic N) is 3. The summed E-state index contributed by atoms with van der Waals surface area (Å²) in [6.45, 7) is -1.09. The molecule has 1 aromatic rings. The van der Waals surface area contributed by atoms with Crippen molar-refractivity contribution < 1.29 is 56.3 Å². The molecule has 0 saturated carbocycles. The van der Waals surface area contributed by atoms with Gasteiger partial charge in [-0.2, -0.15) is 23.4 Å². The number of aliphatic hydroxyl groups is 1. The fourth-order valence-corrected chi connectivity index (χ4v) is 5.89. The van der Waals surface area contributed by atoms with Crippen molar-refractivity contribution in [3.63, 3.8) is 0 Å². The summed E-state index contributed by atoms with van der Waals surface area (Å²) in [5.41, 5.74) is 4.26. The second-order valence-electron chi connectivity index (χ2n) is 5.75. The first kappa shape index (κ1) is 27.3. The number of ether oxygens (including phenoxy) is 1. The number of alkyl halides is 1. The van der Waals surface area contributed by atoms with Crippen LogP contribution in [0.15, 0.2) is 11.0 Å². The number of hydrogen-bond acceptors (Lipinski definition) is 12. The quantitative estimate of drug-likeness (QED) is 0.126. The molecule has 22 heteroatoms. The number of aromatic nitrogens is 3. The van der Waals surface area contributed by atoms with Crippen molar-refractivity contribution >= 4 is 52.5 Å². The van der Waals surface area contributed by atoms with Crippen molar-refractivity contribution in [2.24, 2.45) is 0 Å². The standard InChI is InChI=1S/C10H13Cl2N4O13P3/c11-2-1-10(12)7(17)5(27-8(10)16-9(18)15-6(13)3-14-16)4-26-31(22,23)29-32(24,25)28-30(19,20)21/h3,5,7-8,17H,4H2,(H,22,23)(H,24,25)(H2,13,15,18)(H2,19,20,21)/t5-,7+,8-,10?/m1/s1. The van der Waals surface area contributed by atoms with E-state index in [0.717, 1.165) is 6.20 Å². The molecule has 1 aliphatic heterocycles. The summed E-state index contributed by atoms with van der Waals surface area (Å²) in [7, 11) is -16.9. The fourth-order valence-electron chi connectivity index (χ4n) is 2.32. The molecule has 2 heterocycles. The summed E-state index contributed by atoms with van der Waals surface area (Å²) >= 11 is 11.6. The number of rotatable bonds is 8. The van der Waals surface area contributed by atoms with Crippen molar-refractivity contribution in [3.05, 3.63) is 16.7 Å². The normalized spacial score (nSPS) is 29.5. The van der Waals surface area contributed by atoms with E-state index in [-0.39, 0.29) is 5.82 Å². The Kier molecular flexibility index (Phi) is 8.32. The monoisotopic (exact) mass is 560 g/mol. The molecule has 2 rings (SSSR count). The maximum atomic E-state index is 12.1. The van der Waals surface area contributed by atoms with Crippen LogP contribution in [0.4, 0.5) is 5.82 Å². The van der Waals surface area contributed by atoms with Gasteiger partial charge in [-0.25, -0.2) is 18.5 Å². The van der Waals surface area contributed by atoms with Crippen LogP contribution in [0.25, 0.3) is 0 Å². The predicted molar refractivity (Wildman–Crippen MR) is 103 cm³/mol. The average Bonchev–Trinajstić information content (AvgIpc) is 2.82. The van der Waals surface area contributed by atoms with Crippen molar-refractivity contribution in [2.75, 3.05) is 12.3 Å². The van der Waals surface area contributed by atoms with Gasteiger partial charge in [0.1, 0.15) is 18.0 Å². The molecular formula is C10H13Cl2N4O13P3. The number of aliphatic hydroxyl groups excluding tert-OH is 1. The minimum absolute atomic E-state index is 0.252. The van der Waals surface area contributed by atoms with Gasteiger partial charge in [-0.05, 0) is 11.6 Å². The summed E-state index contributed by atoms with van der Waals surface area (Å²) in [6, 6.07) is 0. The van der Waals surface area contributed by atoms with Gasteiger partial charge in [-0.3, -0.25) is 4.52 Å². The molecule has 7 N–H and O–H groups in total. The molecule has 1 fully saturated rings. The minimum Gasteiger partial charge on any atom is -0.387 e. The highest BCUT2D eigenvalue weighted by atomic mass is 35.5. The predicted octanol–water partition coefficient (Wildman–Crippen LogP) is -1.00. The van der Waals surface area contributed by atoms with Crippen LogP contribution in [0.3, 0.4) is 0 Å². The third-order valence-electron chi connectivity index (χ3n) is 3.46. The first-order valence-electron chi connectivity index (χ1n) is 7.64. The molecular weight excluding hydrogens is 548 g/mol. The molecule has 180 valence electrons. The summed E-state index contributed by atoms with van der Waals surface area (Å²) < 4.78 is 51.2. The zero-order valence-electron chi connectivity index (χ0n) is 15.0. The van der Waals surface area contributed by atoms with Gasteiger partial charge in [0.05, 0.1) is 12.8 Å². The Morgan fingerprint density at radius 3 is 2.41 bits per heavy atom. The second kappa shape index (κ2) is 9.75.